The summed E-state index contributed by atoms with van der Waals surface area (Å²) in [6.07, 6.45) is 3.40. The van der Waals surface area contributed by atoms with Crippen molar-refractivity contribution in [2.24, 2.45) is 11.5 Å². The Balaban J connectivity index is 2.95. The summed E-state index contributed by atoms with van der Waals surface area (Å²) in [6.45, 7) is 5.27. The monoisotopic (exact) mass is 248 g/mol. The van der Waals surface area contributed by atoms with Gasteiger partial charge in [0.25, 0.3) is 0 Å². The van der Waals surface area contributed by atoms with Crippen molar-refractivity contribution in [3.8, 4) is 0 Å². The summed E-state index contributed by atoms with van der Waals surface area (Å²) in [5.74, 6) is -0.318. The highest BCUT2D eigenvalue weighted by Crippen LogP contribution is 2.33. The fraction of sp³-hybridized carbons (Fsp3) is 0.308. The van der Waals surface area contributed by atoms with Crippen LogP contribution in [0.3, 0.4) is 0 Å². The van der Waals surface area contributed by atoms with E-state index in [4.69, 9.17) is 11.5 Å². The quantitative estimate of drug-likeness (QED) is 0.763. The minimum atomic E-state index is -0.410. The number of nitrogens with zero attached hydrogens (tertiary/aromatic N) is 1. The molecular weight excluding hydrogens is 231 g/mol. The summed E-state index contributed by atoms with van der Waals surface area (Å²) in [5.41, 5.74) is 14.6. The van der Waals surface area contributed by atoms with Crippen molar-refractivity contribution in [3.05, 3.63) is 34.8 Å². The lowest BCUT2D eigenvalue weighted by atomic mass is 9.94. The number of halogens is 1. The average Bonchev–Trinajstić information content (AvgIpc) is 2.77. The number of H-pyrrole nitrogens is 1. The van der Waals surface area contributed by atoms with Crippen molar-refractivity contribution in [3.63, 3.8) is 0 Å². The number of hydrogen-bond acceptors (Lipinski definition) is 3. The number of allylic oxidation sites excluding steroid dienone is 1. The molecule has 4 nitrogen and oxygen atoms in total. The lowest BCUT2D eigenvalue weighted by molar-refractivity contribution is 0.588. The van der Waals surface area contributed by atoms with E-state index in [0.717, 1.165) is 5.39 Å². The van der Waals surface area contributed by atoms with Crippen molar-refractivity contribution in [2.75, 3.05) is 0 Å². The highest BCUT2D eigenvalue weighted by atomic mass is 19.1. The van der Waals surface area contributed by atoms with Crippen molar-refractivity contribution >= 4 is 16.6 Å². The van der Waals surface area contributed by atoms with Gasteiger partial charge in [0.2, 0.25) is 0 Å². The summed E-state index contributed by atoms with van der Waals surface area (Å²) in [4.78, 5) is 0. The van der Waals surface area contributed by atoms with Crippen LogP contribution in [0.2, 0.25) is 0 Å². The van der Waals surface area contributed by atoms with Crippen LogP contribution < -0.4 is 11.5 Å². The molecule has 0 bridgehead atoms. The number of aromatic nitrogens is 2. The van der Waals surface area contributed by atoms with Gasteiger partial charge in [-0.15, -0.1) is 0 Å². The lowest BCUT2D eigenvalue weighted by Crippen LogP contribution is -2.12. The van der Waals surface area contributed by atoms with Gasteiger partial charge in [-0.25, -0.2) is 4.39 Å². The molecule has 1 heterocycles. The van der Waals surface area contributed by atoms with Gasteiger partial charge in [0, 0.05) is 28.3 Å². The maximum absolute atomic E-state index is 14.4. The highest BCUT2D eigenvalue weighted by molar-refractivity contribution is 5.94. The van der Waals surface area contributed by atoms with E-state index in [0.29, 0.717) is 27.9 Å². The van der Waals surface area contributed by atoms with Crippen molar-refractivity contribution in [1.82, 2.24) is 10.2 Å². The summed E-state index contributed by atoms with van der Waals surface area (Å²) in [7, 11) is 0. The molecule has 1 aromatic heterocycles. The molecule has 0 fully saturated rings. The van der Waals surface area contributed by atoms with Gasteiger partial charge in [0.15, 0.2) is 0 Å². The SMILES string of the molecule is C/C=C(\N)c1c(C)c(F)c([C@@H](C)N)c2[nH]ncc12. The number of benzene rings is 1. The number of fused-ring (bicyclic) bond motifs is 1. The Bertz CT molecular complexity index is 625. The predicted molar refractivity (Wildman–Crippen MR) is 71.2 cm³/mol. The minimum Gasteiger partial charge on any atom is -0.398 e. The predicted octanol–water partition coefficient (Wildman–Crippen LogP) is 2.35. The molecule has 0 aliphatic heterocycles. The van der Waals surface area contributed by atoms with Crippen molar-refractivity contribution < 1.29 is 4.39 Å². The van der Waals surface area contributed by atoms with Gasteiger partial charge >= 0.3 is 0 Å². The van der Waals surface area contributed by atoms with E-state index < -0.39 is 6.04 Å². The lowest BCUT2D eigenvalue weighted by Gasteiger charge is -2.15. The maximum atomic E-state index is 14.4. The fourth-order valence-electron chi connectivity index (χ4n) is 2.25. The van der Waals surface area contributed by atoms with Gasteiger partial charge in [0.1, 0.15) is 5.82 Å². The molecule has 0 radical (unpaired) electrons. The number of nitrogens with one attached hydrogen (secondary N) is 1. The Morgan fingerprint density at radius 3 is 2.78 bits per heavy atom. The molecule has 2 aromatic rings. The molecule has 1 atom stereocenters. The van der Waals surface area contributed by atoms with Crippen LogP contribution in [0.4, 0.5) is 4.39 Å². The van der Waals surface area contributed by atoms with E-state index in [-0.39, 0.29) is 5.82 Å². The van der Waals surface area contributed by atoms with E-state index in [9.17, 15) is 4.39 Å². The molecular formula is C13H17FN4. The Morgan fingerprint density at radius 2 is 2.22 bits per heavy atom. The molecule has 0 spiro atoms. The molecule has 0 aliphatic carbocycles. The molecule has 1 aromatic carbocycles. The Labute approximate surface area is 105 Å². The largest absolute Gasteiger partial charge is 0.398 e. The fourth-order valence-corrected chi connectivity index (χ4v) is 2.25. The van der Waals surface area contributed by atoms with Crippen LogP contribution >= 0.6 is 0 Å². The van der Waals surface area contributed by atoms with E-state index in [1.807, 2.05) is 6.92 Å². The van der Waals surface area contributed by atoms with Gasteiger partial charge in [0.05, 0.1) is 11.7 Å². The van der Waals surface area contributed by atoms with Gasteiger partial charge in [-0.05, 0) is 26.3 Å². The summed E-state index contributed by atoms with van der Waals surface area (Å²) < 4.78 is 14.4. The zero-order valence-electron chi connectivity index (χ0n) is 10.7. The van der Waals surface area contributed by atoms with Crippen LogP contribution in [0.1, 0.15) is 36.6 Å². The van der Waals surface area contributed by atoms with Crippen LogP contribution in [0.15, 0.2) is 12.3 Å². The van der Waals surface area contributed by atoms with Crippen LogP contribution in [0.5, 0.6) is 0 Å². The van der Waals surface area contributed by atoms with E-state index in [1.165, 1.54) is 0 Å². The minimum absolute atomic E-state index is 0.318. The van der Waals surface area contributed by atoms with E-state index in [2.05, 4.69) is 10.2 Å². The molecule has 0 saturated heterocycles. The summed E-state index contributed by atoms with van der Waals surface area (Å²) in [5, 5.41) is 7.58. The number of rotatable bonds is 2. The molecule has 0 amide bonds. The highest BCUT2D eigenvalue weighted by Gasteiger charge is 2.21. The normalized spacial score (nSPS) is 14.2. The second-order valence-corrected chi connectivity index (χ2v) is 4.42. The first-order valence-corrected chi connectivity index (χ1v) is 5.81. The third kappa shape index (κ3) is 1.67. The van der Waals surface area contributed by atoms with Gasteiger partial charge < -0.3 is 11.5 Å². The van der Waals surface area contributed by atoms with Crippen LogP contribution in [-0.2, 0) is 0 Å². The zero-order chi connectivity index (χ0) is 13.4. The maximum Gasteiger partial charge on any atom is 0.133 e. The van der Waals surface area contributed by atoms with Crippen LogP contribution in [0, 0.1) is 12.7 Å². The molecule has 96 valence electrons. The molecule has 18 heavy (non-hydrogen) atoms. The number of aromatic amines is 1. The molecule has 2 rings (SSSR count). The molecule has 0 aliphatic rings. The molecule has 0 saturated carbocycles. The van der Waals surface area contributed by atoms with Crippen molar-refractivity contribution in [1.29, 1.82) is 0 Å². The molecule has 5 N–H and O–H groups in total. The standard InChI is InChI=1S/C13H17FN4/c1-4-9(16)10-6(2)12(14)11(7(3)15)13-8(10)5-17-18-13/h4-5,7H,15-16H2,1-3H3,(H,17,18)/b9-4-/t7-/m1/s1. The van der Waals surface area contributed by atoms with Crippen LogP contribution in [0.25, 0.3) is 16.6 Å². The molecule has 0 unspecified atom stereocenters. The smallest absolute Gasteiger partial charge is 0.133 e. The van der Waals surface area contributed by atoms with Crippen molar-refractivity contribution in [2.45, 2.75) is 26.8 Å². The third-order valence-corrected chi connectivity index (χ3v) is 3.17. The molecule has 5 heteroatoms. The number of hydrogen-bond donors (Lipinski definition) is 3. The van der Waals surface area contributed by atoms with Gasteiger partial charge in [-0.3, -0.25) is 5.10 Å². The first-order chi connectivity index (χ1) is 8.49. The Morgan fingerprint density at radius 1 is 1.56 bits per heavy atom. The Hall–Kier alpha value is -1.88. The van der Waals surface area contributed by atoms with Gasteiger partial charge in [-0.1, -0.05) is 6.08 Å². The van der Waals surface area contributed by atoms with Gasteiger partial charge in [-0.2, -0.15) is 5.10 Å². The zero-order valence-corrected chi connectivity index (χ0v) is 10.7. The number of nitrogens with two attached hydrogens (primary N) is 2. The second kappa shape index (κ2) is 4.42. The topological polar surface area (TPSA) is 80.7 Å². The average molecular weight is 248 g/mol. The Kier molecular flexibility index (Phi) is 3.09. The van der Waals surface area contributed by atoms with E-state index in [1.54, 1.807) is 26.1 Å². The third-order valence-electron chi connectivity index (χ3n) is 3.17. The second-order valence-electron chi connectivity index (χ2n) is 4.42. The first kappa shape index (κ1) is 12.6. The summed E-state index contributed by atoms with van der Waals surface area (Å²) in [6, 6.07) is -0.410. The first-order valence-electron chi connectivity index (χ1n) is 5.81. The summed E-state index contributed by atoms with van der Waals surface area (Å²) >= 11 is 0. The van der Waals surface area contributed by atoms with E-state index >= 15 is 0 Å². The van der Waals surface area contributed by atoms with Crippen LogP contribution in [-0.4, -0.2) is 10.2 Å².